The number of aliphatic hydroxyl groups excluding tert-OH is 1. The van der Waals surface area contributed by atoms with Gasteiger partial charge in [-0.1, -0.05) is 38.7 Å². The van der Waals surface area contributed by atoms with Gasteiger partial charge in [0.15, 0.2) is 12.2 Å². The first-order valence-electron chi connectivity index (χ1n) is 8.71. The molecule has 0 aromatic rings. The highest BCUT2D eigenvalue weighted by Crippen LogP contribution is 2.08. The standard InChI is InChI=1S/C18H33NO5/c1-5-6-7-8-9-10-11-12-16(20)18(23)24-15(13-17(21)22)14-19(2,3)4/h11-12,15-16,20H,5-10,13-14H2,1-4H3/b12-11+. The van der Waals surface area contributed by atoms with E-state index in [0.717, 1.165) is 19.3 Å². The van der Waals surface area contributed by atoms with E-state index >= 15 is 0 Å². The first-order valence-corrected chi connectivity index (χ1v) is 8.71. The van der Waals surface area contributed by atoms with E-state index in [9.17, 15) is 19.8 Å². The zero-order chi connectivity index (χ0) is 18.6. The molecule has 0 aliphatic rings. The predicted octanol–water partition coefficient (Wildman–Crippen LogP) is 1.02. The van der Waals surface area contributed by atoms with E-state index in [1.807, 2.05) is 21.1 Å². The van der Waals surface area contributed by atoms with Gasteiger partial charge in [0.05, 0.1) is 21.1 Å². The Hall–Kier alpha value is -1.40. The Morgan fingerprint density at radius 3 is 2.33 bits per heavy atom. The molecule has 0 saturated heterocycles. The molecule has 2 atom stereocenters. The Bertz CT molecular complexity index is 401. The Kier molecular flexibility index (Phi) is 11.3. The molecule has 0 aromatic heterocycles. The van der Waals surface area contributed by atoms with E-state index < -0.39 is 24.1 Å². The van der Waals surface area contributed by atoms with Gasteiger partial charge in [0, 0.05) is 12.4 Å². The van der Waals surface area contributed by atoms with Crippen LogP contribution in [0.5, 0.6) is 0 Å². The summed E-state index contributed by atoms with van der Waals surface area (Å²) in [6.07, 6.45) is 7.19. The number of carbonyl (C=O) groups is 2. The number of esters is 1. The van der Waals surface area contributed by atoms with Crippen LogP contribution in [-0.4, -0.2) is 61.4 Å². The van der Waals surface area contributed by atoms with Crippen LogP contribution in [0.1, 0.15) is 51.9 Å². The number of rotatable bonds is 13. The minimum absolute atomic E-state index is 0.327. The Balaban J connectivity index is 4.29. The maximum absolute atomic E-state index is 11.9. The van der Waals surface area contributed by atoms with Crippen LogP contribution in [0.4, 0.5) is 0 Å². The van der Waals surface area contributed by atoms with Gasteiger partial charge >= 0.3 is 5.97 Å². The molecule has 2 unspecified atom stereocenters. The van der Waals surface area contributed by atoms with E-state index in [0.29, 0.717) is 11.0 Å². The summed E-state index contributed by atoms with van der Waals surface area (Å²) in [5.74, 6) is -2.10. The van der Waals surface area contributed by atoms with E-state index in [4.69, 9.17) is 4.74 Å². The summed E-state index contributed by atoms with van der Waals surface area (Å²) >= 11 is 0. The maximum atomic E-state index is 11.9. The number of allylic oxidation sites excluding steroid dienone is 1. The SMILES string of the molecule is CCCCCCC/C=C/C(O)C(=O)OC(CC(=O)[O-])C[N+](C)(C)C. The molecule has 0 heterocycles. The smallest absolute Gasteiger partial charge is 0.339 e. The third-order valence-electron chi connectivity index (χ3n) is 3.46. The van der Waals surface area contributed by atoms with Crippen molar-refractivity contribution in [2.24, 2.45) is 0 Å². The number of ether oxygens (including phenoxy) is 1. The average Bonchev–Trinajstić information content (AvgIpc) is 2.43. The number of carboxylic acid groups (broad SMARTS) is 1. The van der Waals surface area contributed by atoms with Crippen LogP contribution in [0.2, 0.25) is 0 Å². The minimum atomic E-state index is -1.36. The number of carboxylic acids is 1. The van der Waals surface area contributed by atoms with Crippen molar-refractivity contribution in [3.63, 3.8) is 0 Å². The summed E-state index contributed by atoms with van der Waals surface area (Å²) in [6.45, 7) is 2.49. The second-order valence-corrected chi connectivity index (χ2v) is 7.18. The fourth-order valence-electron chi connectivity index (χ4n) is 2.34. The normalized spacial score (nSPS) is 14.5. The Labute approximate surface area is 145 Å². The predicted molar refractivity (Wildman–Crippen MR) is 90.9 cm³/mol. The summed E-state index contributed by atoms with van der Waals surface area (Å²) in [5.41, 5.74) is 0. The molecule has 0 rings (SSSR count). The number of hydrogen-bond donors (Lipinski definition) is 1. The van der Waals surface area contributed by atoms with E-state index in [2.05, 4.69) is 6.92 Å². The molecule has 1 N–H and O–H groups in total. The summed E-state index contributed by atoms with van der Waals surface area (Å²) in [7, 11) is 5.60. The molecule has 6 nitrogen and oxygen atoms in total. The first-order chi connectivity index (χ1) is 11.2. The lowest BCUT2D eigenvalue weighted by molar-refractivity contribution is -0.873. The number of aliphatic carboxylic acids is 1. The second kappa shape index (κ2) is 12.0. The summed E-state index contributed by atoms with van der Waals surface area (Å²) < 4.78 is 5.57. The van der Waals surface area contributed by atoms with Gasteiger partial charge in [-0.2, -0.15) is 0 Å². The lowest BCUT2D eigenvalue weighted by atomic mass is 10.1. The largest absolute Gasteiger partial charge is 0.550 e. The molecule has 0 radical (unpaired) electrons. The molecular weight excluding hydrogens is 310 g/mol. The van der Waals surface area contributed by atoms with Crippen LogP contribution >= 0.6 is 0 Å². The quantitative estimate of drug-likeness (QED) is 0.233. The average molecular weight is 343 g/mol. The van der Waals surface area contributed by atoms with Gasteiger partial charge in [0.25, 0.3) is 0 Å². The molecular formula is C18H33NO5. The van der Waals surface area contributed by atoms with Crippen LogP contribution in [0, 0.1) is 0 Å². The minimum Gasteiger partial charge on any atom is -0.550 e. The monoisotopic (exact) mass is 343 g/mol. The lowest BCUT2D eigenvalue weighted by Gasteiger charge is -2.29. The summed E-state index contributed by atoms with van der Waals surface area (Å²) in [4.78, 5) is 22.7. The fraction of sp³-hybridized carbons (Fsp3) is 0.778. The van der Waals surface area contributed by atoms with Gasteiger partial charge in [0.2, 0.25) is 0 Å². The van der Waals surface area contributed by atoms with Crippen molar-refractivity contribution in [1.82, 2.24) is 0 Å². The molecule has 24 heavy (non-hydrogen) atoms. The number of nitrogens with zero attached hydrogens (tertiary/aromatic N) is 1. The Morgan fingerprint density at radius 1 is 1.17 bits per heavy atom. The lowest BCUT2D eigenvalue weighted by Crippen LogP contribution is -2.46. The van der Waals surface area contributed by atoms with Crippen LogP contribution in [0.15, 0.2) is 12.2 Å². The van der Waals surface area contributed by atoms with Gasteiger partial charge in [-0.15, -0.1) is 0 Å². The fourth-order valence-corrected chi connectivity index (χ4v) is 2.34. The van der Waals surface area contributed by atoms with Crippen LogP contribution in [0.25, 0.3) is 0 Å². The summed E-state index contributed by atoms with van der Waals surface area (Å²) in [5, 5.41) is 20.6. The first kappa shape index (κ1) is 22.6. The van der Waals surface area contributed by atoms with Crippen LogP contribution in [-0.2, 0) is 14.3 Å². The molecule has 0 aliphatic carbocycles. The number of aliphatic hydroxyl groups is 1. The maximum Gasteiger partial charge on any atom is 0.339 e. The number of hydrogen-bond acceptors (Lipinski definition) is 5. The number of unbranched alkanes of at least 4 members (excludes halogenated alkanes) is 5. The molecule has 0 fully saturated rings. The number of quaternary nitrogens is 1. The third-order valence-corrected chi connectivity index (χ3v) is 3.46. The van der Waals surface area contributed by atoms with E-state index in [1.165, 1.54) is 25.3 Å². The van der Waals surface area contributed by atoms with Gasteiger partial charge in [-0.3, -0.25) is 0 Å². The van der Waals surface area contributed by atoms with E-state index in [1.54, 1.807) is 6.08 Å². The molecule has 0 amide bonds. The third kappa shape index (κ3) is 13.1. The zero-order valence-electron chi connectivity index (χ0n) is 15.5. The number of carbonyl (C=O) groups excluding carboxylic acids is 2. The molecule has 0 spiro atoms. The van der Waals surface area contributed by atoms with Gasteiger partial charge in [0.1, 0.15) is 6.54 Å². The van der Waals surface area contributed by atoms with Crippen molar-refractivity contribution in [1.29, 1.82) is 0 Å². The van der Waals surface area contributed by atoms with Crippen molar-refractivity contribution in [2.75, 3.05) is 27.7 Å². The van der Waals surface area contributed by atoms with Gasteiger partial charge in [-0.05, 0) is 18.9 Å². The van der Waals surface area contributed by atoms with Crippen molar-refractivity contribution in [2.45, 2.75) is 64.1 Å². The molecule has 0 aromatic carbocycles. The van der Waals surface area contributed by atoms with E-state index in [-0.39, 0.29) is 6.42 Å². The molecule has 140 valence electrons. The Morgan fingerprint density at radius 2 is 1.79 bits per heavy atom. The zero-order valence-corrected chi connectivity index (χ0v) is 15.5. The van der Waals surface area contributed by atoms with Crippen LogP contribution < -0.4 is 5.11 Å². The van der Waals surface area contributed by atoms with Crippen molar-refractivity contribution >= 4 is 11.9 Å². The molecule has 0 bridgehead atoms. The molecule has 0 saturated carbocycles. The van der Waals surface area contributed by atoms with Crippen molar-refractivity contribution < 1.29 is 29.0 Å². The number of likely N-dealkylation sites (N-methyl/N-ethyl adjacent to an activating group) is 1. The van der Waals surface area contributed by atoms with Gasteiger partial charge in [-0.25, -0.2) is 4.79 Å². The summed E-state index contributed by atoms with van der Waals surface area (Å²) in [6, 6.07) is 0. The molecule has 0 aliphatic heterocycles. The van der Waals surface area contributed by atoms with Crippen LogP contribution in [0.3, 0.4) is 0 Å². The topological polar surface area (TPSA) is 86.7 Å². The van der Waals surface area contributed by atoms with Crippen molar-refractivity contribution in [3.05, 3.63) is 12.2 Å². The molecule has 6 heteroatoms. The van der Waals surface area contributed by atoms with Crippen molar-refractivity contribution in [3.8, 4) is 0 Å². The highest BCUT2D eigenvalue weighted by molar-refractivity contribution is 5.77. The van der Waals surface area contributed by atoms with Gasteiger partial charge < -0.3 is 24.2 Å². The highest BCUT2D eigenvalue weighted by Gasteiger charge is 2.24. The second-order valence-electron chi connectivity index (χ2n) is 7.18. The highest BCUT2D eigenvalue weighted by atomic mass is 16.6.